The lowest BCUT2D eigenvalue weighted by Crippen LogP contribution is -2.52. The van der Waals surface area contributed by atoms with Crippen LogP contribution in [0.4, 0.5) is 4.79 Å². The standard InChI is InChI=1S/C18H29NO4/c1-6-18(21-12-15-9-8-14(2)22-15)10-7-11-19(13-18)16(20)23-17(3,4)5/h8-9H,6-7,10-13H2,1-5H3. The Hall–Kier alpha value is -1.49. The van der Waals surface area contributed by atoms with Crippen LogP contribution in [0.15, 0.2) is 16.5 Å². The zero-order valence-electron chi connectivity index (χ0n) is 15.0. The molecule has 130 valence electrons. The van der Waals surface area contributed by atoms with Gasteiger partial charge in [-0.3, -0.25) is 0 Å². The van der Waals surface area contributed by atoms with Gasteiger partial charge in [0.2, 0.25) is 0 Å². The molecule has 0 saturated carbocycles. The van der Waals surface area contributed by atoms with Crippen molar-refractivity contribution in [2.24, 2.45) is 0 Å². The lowest BCUT2D eigenvalue weighted by molar-refractivity contribution is -0.105. The molecule has 5 nitrogen and oxygen atoms in total. The van der Waals surface area contributed by atoms with Gasteiger partial charge in [0.15, 0.2) is 0 Å². The fraction of sp³-hybridized carbons (Fsp3) is 0.722. The number of aryl methyl sites for hydroxylation is 1. The second kappa shape index (κ2) is 6.95. The number of hydrogen-bond donors (Lipinski definition) is 0. The SMILES string of the molecule is CCC1(OCc2ccc(C)o2)CCCN(C(=O)OC(C)(C)C)C1. The zero-order chi connectivity index (χ0) is 17.1. The highest BCUT2D eigenvalue weighted by molar-refractivity contribution is 5.68. The van der Waals surface area contributed by atoms with E-state index in [2.05, 4.69) is 6.92 Å². The fourth-order valence-electron chi connectivity index (χ4n) is 2.88. The van der Waals surface area contributed by atoms with Gasteiger partial charge in [0, 0.05) is 6.54 Å². The maximum atomic E-state index is 12.3. The lowest BCUT2D eigenvalue weighted by Gasteiger charge is -2.42. The first-order valence-corrected chi connectivity index (χ1v) is 8.40. The molecule has 1 aliphatic rings. The largest absolute Gasteiger partial charge is 0.464 e. The predicted molar refractivity (Wildman–Crippen MR) is 88.3 cm³/mol. The summed E-state index contributed by atoms with van der Waals surface area (Å²) < 4.78 is 17.3. The maximum absolute atomic E-state index is 12.3. The summed E-state index contributed by atoms with van der Waals surface area (Å²) in [5, 5.41) is 0. The molecule has 0 bridgehead atoms. The van der Waals surface area contributed by atoms with Crippen LogP contribution in [-0.2, 0) is 16.1 Å². The summed E-state index contributed by atoms with van der Waals surface area (Å²) in [6.07, 6.45) is 2.46. The molecule has 1 aromatic rings. The predicted octanol–water partition coefficient (Wildman–Crippen LogP) is 4.28. The van der Waals surface area contributed by atoms with E-state index in [1.807, 2.05) is 39.8 Å². The first-order chi connectivity index (χ1) is 10.7. The molecular weight excluding hydrogens is 294 g/mol. The molecule has 1 aliphatic heterocycles. The number of carbonyl (C=O) groups excluding carboxylic acids is 1. The molecule has 0 radical (unpaired) electrons. The average molecular weight is 323 g/mol. The van der Waals surface area contributed by atoms with Crippen LogP contribution in [0.3, 0.4) is 0 Å². The minimum Gasteiger partial charge on any atom is -0.464 e. The van der Waals surface area contributed by atoms with Crippen LogP contribution < -0.4 is 0 Å². The van der Waals surface area contributed by atoms with Crippen LogP contribution in [0.1, 0.15) is 58.5 Å². The van der Waals surface area contributed by atoms with Gasteiger partial charge >= 0.3 is 6.09 Å². The van der Waals surface area contributed by atoms with Crippen molar-refractivity contribution >= 4 is 6.09 Å². The van der Waals surface area contributed by atoms with Crippen LogP contribution >= 0.6 is 0 Å². The molecule has 0 spiro atoms. The van der Waals surface area contributed by atoms with Crippen molar-refractivity contribution in [1.82, 2.24) is 4.90 Å². The number of piperidine rings is 1. The third-order valence-electron chi connectivity index (χ3n) is 4.15. The number of hydrogen-bond acceptors (Lipinski definition) is 4. The molecule has 0 aliphatic carbocycles. The zero-order valence-corrected chi connectivity index (χ0v) is 15.0. The minimum absolute atomic E-state index is 0.257. The smallest absolute Gasteiger partial charge is 0.410 e. The molecule has 0 aromatic carbocycles. The highest BCUT2D eigenvalue weighted by atomic mass is 16.6. The molecule has 1 unspecified atom stereocenters. The summed E-state index contributed by atoms with van der Waals surface area (Å²) in [4.78, 5) is 14.1. The number of carbonyl (C=O) groups is 1. The first-order valence-electron chi connectivity index (χ1n) is 8.40. The van der Waals surface area contributed by atoms with E-state index in [1.165, 1.54) is 0 Å². The Balaban J connectivity index is 1.98. The van der Waals surface area contributed by atoms with Gasteiger partial charge in [-0.25, -0.2) is 4.79 Å². The molecule has 0 N–H and O–H groups in total. The van der Waals surface area contributed by atoms with Gasteiger partial charge in [0.05, 0.1) is 12.1 Å². The third-order valence-corrected chi connectivity index (χ3v) is 4.15. The summed E-state index contributed by atoms with van der Waals surface area (Å²) in [5.74, 6) is 1.71. The molecule has 5 heteroatoms. The molecule has 2 rings (SSSR count). The molecule has 2 heterocycles. The number of likely N-dealkylation sites (tertiary alicyclic amines) is 1. The summed E-state index contributed by atoms with van der Waals surface area (Å²) in [6.45, 7) is 11.4. The van der Waals surface area contributed by atoms with Gasteiger partial charge < -0.3 is 18.8 Å². The topological polar surface area (TPSA) is 51.9 Å². The molecule has 1 amide bonds. The third kappa shape index (κ3) is 4.99. The van der Waals surface area contributed by atoms with Crippen LogP contribution in [0.25, 0.3) is 0 Å². The van der Waals surface area contributed by atoms with E-state index in [-0.39, 0.29) is 11.7 Å². The van der Waals surface area contributed by atoms with Gasteiger partial charge in [-0.15, -0.1) is 0 Å². The van der Waals surface area contributed by atoms with Crippen LogP contribution in [0, 0.1) is 6.92 Å². The molecule has 1 saturated heterocycles. The van der Waals surface area contributed by atoms with E-state index < -0.39 is 5.60 Å². The monoisotopic (exact) mass is 323 g/mol. The molecule has 23 heavy (non-hydrogen) atoms. The Bertz CT molecular complexity index is 531. The molecular formula is C18H29NO4. The fourth-order valence-corrected chi connectivity index (χ4v) is 2.88. The number of ether oxygens (including phenoxy) is 2. The van der Waals surface area contributed by atoms with Crippen molar-refractivity contribution in [2.75, 3.05) is 13.1 Å². The van der Waals surface area contributed by atoms with E-state index in [9.17, 15) is 4.79 Å². The van der Waals surface area contributed by atoms with Gasteiger partial charge in [0.1, 0.15) is 23.7 Å². The van der Waals surface area contributed by atoms with Crippen LogP contribution in [0.2, 0.25) is 0 Å². The van der Waals surface area contributed by atoms with E-state index in [0.717, 1.165) is 37.3 Å². The highest BCUT2D eigenvalue weighted by Crippen LogP contribution is 2.30. The first kappa shape index (κ1) is 17.9. The van der Waals surface area contributed by atoms with E-state index >= 15 is 0 Å². The van der Waals surface area contributed by atoms with Crippen LogP contribution in [-0.4, -0.2) is 35.3 Å². The van der Waals surface area contributed by atoms with Gasteiger partial charge in [-0.05, 0) is 59.1 Å². The Morgan fingerprint density at radius 3 is 2.70 bits per heavy atom. The highest BCUT2D eigenvalue weighted by Gasteiger charge is 2.38. The quantitative estimate of drug-likeness (QED) is 0.829. The summed E-state index contributed by atoms with van der Waals surface area (Å²) in [5.41, 5.74) is -0.800. The van der Waals surface area contributed by atoms with E-state index in [0.29, 0.717) is 13.2 Å². The Morgan fingerprint density at radius 1 is 1.39 bits per heavy atom. The van der Waals surface area contributed by atoms with Crippen molar-refractivity contribution in [2.45, 2.75) is 71.7 Å². The van der Waals surface area contributed by atoms with Crippen molar-refractivity contribution in [3.8, 4) is 0 Å². The van der Waals surface area contributed by atoms with E-state index in [4.69, 9.17) is 13.9 Å². The Kier molecular flexibility index (Phi) is 5.40. The second-order valence-corrected chi connectivity index (χ2v) is 7.34. The minimum atomic E-state index is -0.476. The number of amides is 1. The average Bonchev–Trinajstić information content (AvgIpc) is 2.89. The summed E-state index contributed by atoms with van der Waals surface area (Å²) in [6, 6.07) is 3.87. The van der Waals surface area contributed by atoms with Crippen LogP contribution in [0.5, 0.6) is 0 Å². The number of rotatable bonds is 4. The van der Waals surface area contributed by atoms with Gasteiger partial charge in [0.25, 0.3) is 0 Å². The van der Waals surface area contributed by atoms with Crippen molar-refractivity contribution in [1.29, 1.82) is 0 Å². The van der Waals surface area contributed by atoms with Crippen molar-refractivity contribution in [3.05, 3.63) is 23.7 Å². The summed E-state index contributed by atoms with van der Waals surface area (Å²) >= 11 is 0. The Labute approximate surface area is 138 Å². The van der Waals surface area contributed by atoms with E-state index in [1.54, 1.807) is 4.90 Å². The number of furan rings is 1. The molecule has 1 atom stereocenters. The van der Waals surface area contributed by atoms with Crippen molar-refractivity contribution < 1.29 is 18.7 Å². The van der Waals surface area contributed by atoms with Gasteiger partial charge in [-0.2, -0.15) is 0 Å². The van der Waals surface area contributed by atoms with Gasteiger partial charge in [-0.1, -0.05) is 6.92 Å². The molecule has 1 fully saturated rings. The number of nitrogens with zero attached hydrogens (tertiary/aromatic N) is 1. The Morgan fingerprint density at radius 2 is 2.13 bits per heavy atom. The molecule has 1 aromatic heterocycles. The lowest BCUT2D eigenvalue weighted by atomic mass is 9.90. The maximum Gasteiger partial charge on any atom is 0.410 e. The second-order valence-electron chi connectivity index (χ2n) is 7.34. The normalized spacial score (nSPS) is 22.2. The van der Waals surface area contributed by atoms with Crippen molar-refractivity contribution in [3.63, 3.8) is 0 Å². The summed E-state index contributed by atoms with van der Waals surface area (Å²) in [7, 11) is 0.